The van der Waals surface area contributed by atoms with Crippen molar-refractivity contribution in [3.63, 3.8) is 0 Å². The van der Waals surface area contributed by atoms with E-state index in [2.05, 4.69) is 167 Å². The van der Waals surface area contributed by atoms with Gasteiger partial charge in [0.05, 0.1) is 28.4 Å². The van der Waals surface area contributed by atoms with Gasteiger partial charge in [0.15, 0.2) is 11.6 Å². The van der Waals surface area contributed by atoms with Crippen LogP contribution < -0.4 is 9.80 Å². The van der Waals surface area contributed by atoms with Crippen LogP contribution in [0.2, 0.25) is 0 Å². The molecule has 0 aliphatic carbocycles. The van der Waals surface area contributed by atoms with Gasteiger partial charge in [-0.05, 0) is 99.9 Å². The van der Waals surface area contributed by atoms with Crippen LogP contribution >= 0.6 is 0 Å². The Kier molecular flexibility index (Phi) is 9.46. The zero-order valence-electron chi connectivity index (χ0n) is 32.6. The number of hydrogen-bond donors (Lipinski definition) is 0. The van der Waals surface area contributed by atoms with E-state index in [1.807, 2.05) is 36.4 Å². The first kappa shape index (κ1) is 35.4. The molecule has 7 aromatic carbocycles. The number of aryl methyl sites for hydroxylation is 6. The lowest BCUT2D eigenvalue weighted by atomic mass is 9.97. The van der Waals surface area contributed by atoms with E-state index in [0.29, 0.717) is 17.6 Å². The minimum absolute atomic E-state index is 0.543. The maximum absolute atomic E-state index is 5.29. The second-order valence-electron chi connectivity index (χ2n) is 14.6. The quantitative estimate of drug-likeness (QED) is 0.157. The molecule has 0 aliphatic heterocycles. The van der Waals surface area contributed by atoms with E-state index in [9.17, 15) is 0 Å². The average molecular weight is 716 g/mol. The second-order valence-corrected chi connectivity index (χ2v) is 14.6. The average Bonchev–Trinajstić information content (AvgIpc) is 3.18. The fourth-order valence-electron chi connectivity index (χ4n) is 8.14. The van der Waals surface area contributed by atoms with Crippen molar-refractivity contribution >= 4 is 45.2 Å². The van der Waals surface area contributed by atoms with Gasteiger partial charge in [0.25, 0.3) is 0 Å². The standard InChI is InChI=1S/C50H45N5/c1-32-28-34(3)46(35(4)29-32)55(47-36(5)30-33(2)31-37(47)6)44-26-17-25-43(38(44)7)54(45-27-16-23-39-18-14-15-24-42(39)45)50-52-48(40-19-10-8-11-20-40)51-49(53-50)41-21-12-9-13-22-41/h8-31H,1-7H3. The molecule has 0 atom stereocenters. The number of aromatic nitrogens is 3. The number of nitrogens with zero attached hydrogens (tertiary/aromatic N) is 5. The van der Waals surface area contributed by atoms with Gasteiger partial charge in [-0.15, -0.1) is 0 Å². The van der Waals surface area contributed by atoms with E-state index < -0.39 is 0 Å². The highest BCUT2D eigenvalue weighted by atomic mass is 15.3. The Morgan fingerprint density at radius 1 is 0.382 bits per heavy atom. The van der Waals surface area contributed by atoms with Crippen molar-refractivity contribution in [2.75, 3.05) is 9.80 Å². The molecular weight excluding hydrogens is 671 g/mol. The Labute approximate surface area is 324 Å². The second kappa shape index (κ2) is 14.7. The van der Waals surface area contributed by atoms with Gasteiger partial charge in [-0.1, -0.05) is 139 Å². The van der Waals surface area contributed by atoms with E-state index in [4.69, 9.17) is 15.0 Å². The maximum atomic E-state index is 5.29. The molecule has 0 radical (unpaired) electrons. The lowest BCUT2D eigenvalue weighted by Gasteiger charge is -2.35. The summed E-state index contributed by atoms with van der Waals surface area (Å²) < 4.78 is 0. The number of hydrogen-bond acceptors (Lipinski definition) is 5. The van der Waals surface area contributed by atoms with Crippen LogP contribution in [0.5, 0.6) is 0 Å². The summed E-state index contributed by atoms with van der Waals surface area (Å²) in [5.41, 5.74) is 15.8. The molecule has 0 saturated carbocycles. The summed E-state index contributed by atoms with van der Waals surface area (Å²) in [6.45, 7) is 15.5. The third-order valence-electron chi connectivity index (χ3n) is 10.4. The Morgan fingerprint density at radius 2 is 0.800 bits per heavy atom. The summed E-state index contributed by atoms with van der Waals surface area (Å²) in [5, 5.41) is 2.24. The van der Waals surface area contributed by atoms with Gasteiger partial charge in [-0.2, -0.15) is 9.97 Å². The van der Waals surface area contributed by atoms with E-state index in [-0.39, 0.29) is 0 Å². The van der Waals surface area contributed by atoms with Crippen LogP contribution in [0.25, 0.3) is 33.5 Å². The van der Waals surface area contributed by atoms with Crippen LogP contribution in [0.15, 0.2) is 146 Å². The smallest absolute Gasteiger partial charge is 0.238 e. The molecule has 0 saturated heterocycles. The molecule has 270 valence electrons. The zero-order valence-corrected chi connectivity index (χ0v) is 32.6. The maximum Gasteiger partial charge on any atom is 0.238 e. The summed E-state index contributed by atoms with van der Waals surface area (Å²) in [7, 11) is 0. The molecule has 0 aliphatic rings. The predicted octanol–water partition coefficient (Wildman–Crippen LogP) is 13.5. The number of anilines is 6. The van der Waals surface area contributed by atoms with Gasteiger partial charge in [0, 0.05) is 16.5 Å². The molecular formula is C50H45N5. The molecule has 0 N–H and O–H groups in total. The van der Waals surface area contributed by atoms with Gasteiger partial charge in [-0.25, -0.2) is 4.98 Å². The van der Waals surface area contributed by atoms with E-state index in [1.165, 1.54) is 44.8 Å². The van der Waals surface area contributed by atoms with Crippen molar-refractivity contribution in [3.8, 4) is 22.8 Å². The first-order valence-electron chi connectivity index (χ1n) is 18.9. The van der Waals surface area contributed by atoms with E-state index in [0.717, 1.165) is 44.5 Å². The molecule has 5 nitrogen and oxygen atoms in total. The molecule has 8 rings (SSSR count). The minimum Gasteiger partial charge on any atom is -0.309 e. The summed E-state index contributed by atoms with van der Waals surface area (Å²) in [4.78, 5) is 20.3. The van der Waals surface area contributed by atoms with Gasteiger partial charge in [0.2, 0.25) is 5.95 Å². The molecule has 8 aromatic rings. The lowest BCUT2D eigenvalue weighted by Crippen LogP contribution is -2.20. The highest BCUT2D eigenvalue weighted by Crippen LogP contribution is 2.48. The largest absolute Gasteiger partial charge is 0.309 e. The van der Waals surface area contributed by atoms with Crippen LogP contribution in [-0.4, -0.2) is 15.0 Å². The molecule has 0 spiro atoms. The van der Waals surface area contributed by atoms with Crippen molar-refractivity contribution < 1.29 is 0 Å². The van der Waals surface area contributed by atoms with Crippen LogP contribution in [0, 0.1) is 48.5 Å². The van der Waals surface area contributed by atoms with Gasteiger partial charge in [0.1, 0.15) is 0 Å². The Hall–Kier alpha value is -6.59. The normalized spacial score (nSPS) is 11.2. The lowest BCUT2D eigenvalue weighted by molar-refractivity contribution is 1.02. The van der Waals surface area contributed by atoms with Crippen molar-refractivity contribution in [2.24, 2.45) is 0 Å². The predicted molar refractivity (Wildman–Crippen MR) is 231 cm³/mol. The molecule has 0 fully saturated rings. The molecule has 1 aromatic heterocycles. The molecule has 1 heterocycles. The Morgan fingerprint density at radius 3 is 1.33 bits per heavy atom. The van der Waals surface area contributed by atoms with Crippen molar-refractivity contribution in [1.82, 2.24) is 15.0 Å². The van der Waals surface area contributed by atoms with Crippen LogP contribution in [0.1, 0.15) is 38.9 Å². The summed E-state index contributed by atoms with van der Waals surface area (Å²) >= 11 is 0. The van der Waals surface area contributed by atoms with Crippen molar-refractivity contribution in [2.45, 2.75) is 48.5 Å². The molecule has 0 bridgehead atoms. The zero-order chi connectivity index (χ0) is 38.2. The molecule has 0 unspecified atom stereocenters. The number of benzene rings is 7. The molecule has 55 heavy (non-hydrogen) atoms. The fraction of sp³-hybridized carbons (Fsp3) is 0.140. The summed E-state index contributed by atoms with van der Waals surface area (Å²) in [5.74, 6) is 1.77. The Balaban J connectivity index is 1.44. The first-order chi connectivity index (χ1) is 26.7. The van der Waals surface area contributed by atoms with Crippen molar-refractivity contribution in [3.05, 3.63) is 185 Å². The number of fused-ring (bicyclic) bond motifs is 1. The summed E-state index contributed by atoms with van der Waals surface area (Å²) in [6.07, 6.45) is 0. The van der Waals surface area contributed by atoms with E-state index >= 15 is 0 Å². The van der Waals surface area contributed by atoms with Gasteiger partial charge in [-0.3, -0.25) is 4.90 Å². The molecule has 0 amide bonds. The monoisotopic (exact) mass is 715 g/mol. The van der Waals surface area contributed by atoms with Gasteiger partial charge >= 0.3 is 0 Å². The third-order valence-corrected chi connectivity index (χ3v) is 10.4. The fourth-order valence-corrected chi connectivity index (χ4v) is 8.14. The summed E-state index contributed by atoms with van der Waals surface area (Å²) in [6, 6.07) is 51.1. The topological polar surface area (TPSA) is 45.2 Å². The number of rotatable bonds is 8. The van der Waals surface area contributed by atoms with Crippen molar-refractivity contribution in [1.29, 1.82) is 0 Å². The van der Waals surface area contributed by atoms with E-state index in [1.54, 1.807) is 0 Å². The first-order valence-corrected chi connectivity index (χ1v) is 18.9. The van der Waals surface area contributed by atoms with Crippen LogP contribution in [0.3, 0.4) is 0 Å². The highest BCUT2D eigenvalue weighted by molar-refractivity contribution is 5.99. The highest BCUT2D eigenvalue weighted by Gasteiger charge is 2.27. The third kappa shape index (κ3) is 6.74. The Bertz CT molecular complexity index is 2520. The van der Waals surface area contributed by atoms with Crippen LogP contribution in [0.4, 0.5) is 34.4 Å². The van der Waals surface area contributed by atoms with Crippen LogP contribution in [-0.2, 0) is 0 Å². The SMILES string of the molecule is Cc1cc(C)c(N(c2cccc(N(c3nc(-c4ccccc4)nc(-c4ccccc4)n3)c3cccc4ccccc34)c2C)c2c(C)cc(C)cc2C)c(C)c1. The minimum atomic E-state index is 0.543. The van der Waals surface area contributed by atoms with Gasteiger partial charge < -0.3 is 4.90 Å². The molecule has 5 heteroatoms.